The number of aromatic nitrogens is 2. The average Bonchev–Trinajstić information content (AvgIpc) is 2.85. The van der Waals surface area contributed by atoms with E-state index in [9.17, 15) is 4.79 Å². The van der Waals surface area contributed by atoms with E-state index in [1.165, 1.54) is 0 Å². The highest BCUT2D eigenvalue weighted by atomic mass is 16.2. The van der Waals surface area contributed by atoms with E-state index in [2.05, 4.69) is 34.7 Å². The molecule has 0 spiro atoms. The summed E-state index contributed by atoms with van der Waals surface area (Å²) in [5, 5.41) is 6.80. The lowest BCUT2D eigenvalue weighted by molar-refractivity contribution is 0.0979. The highest BCUT2D eigenvalue weighted by molar-refractivity contribution is 6.06. The molecule has 1 aliphatic rings. The van der Waals surface area contributed by atoms with Gasteiger partial charge in [-0.15, -0.1) is 0 Å². The van der Waals surface area contributed by atoms with Crippen molar-refractivity contribution in [1.29, 1.82) is 0 Å². The molecule has 1 aromatic heterocycles. The number of anilines is 2. The molecular weight excluding hydrogens is 410 g/mol. The van der Waals surface area contributed by atoms with E-state index in [-0.39, 0.29) is 11.9 Å². The van der Waals surface area contributed by atoms with Gasteiger partial charge in [0.25, 0.3) is 5.91 Å². The Bertz CT molecular complexity index is 1080. The maximum Gasteiger partial charge on any atom is 0.259 e. The third kappa shape index (κ3) is 5.57. The van der Waals surface area contributed by atoms with Crippen LogP contribution in [0.4, 0.5) is 11.8 Å². The fourth-order valence-electron chi connectivity index (χ4n) is 4.32. The van der Waals surface area contributed by atoms with Gasteiger partial charge in [0.2, 0.25) is 5.95 Å². The molecule has 1 aliphatic heterocycles. The molecule has 172 valence electrons. The first-order valence-corrected chi connectivity index (χ1v) is 11.8. The summed E-state index contributed by atoms with van der Waals surface area (Å²) in [6.45, 7) is 8.77. The van der Waals surface area contributed by atoms with Crippen LogP contribution in [0.1, 0.15) is 52.9 Å². The van der Waals surface area contributed by atoms with Crippen molar-refractivity contribution < 1.29 is 4.79 Å². The number of carbonyl (C=O) groups is 1. The number of benzene rings is 2. The smallest absolute Gasteiger partial charge is 0.259 e. The number of aryl methyl sites for hydroxylation is 1. The molecule has 2 heterocycles. The Morgan fingerprint density at radius 1 is 1.09 bits per heavy atom. The topological polar surface area (TPSA) is 70.2 Å². The van der Waals surface area contributed by atoms with Gasteiger partial charge in [-0.05, 0) is 81.4 Å². The minimum atomic E-state index is -0.00418. The van der Waals surface area contributed by atoms with Crippen LogP contribution in [0.2, 0.25) is 0 Å². The minimum absolute atomic E-state index is 0.00418. The average molecular weight is 444 g/mol. The molecule has 0 bridgehead atoms. The Labute approximate surface area is 196 Å². The monoisotopic (exact) mass is 443 g/mol. The molecule has 1 saturated heterocycles. The lowest BCUT2D eigenvalue weighted by atomic mass is 9.96. The van der Waals surface area contributed by atoms with Crippen molar-refractivity contribution in [2.45, 2.75) is 39.7 Å². The Kier molecular flexibility index (Phi) is 7.35. The van der Waals surface area contributed by atoms with Gasteiger partial charge < -0.3 is 10.6 Å². The number of piperidine rings is 1. The van der Waals surface area contributed by atoms with Gasteiger partial charge in [-0.3, -0.25) is 9.69 Å². The molecule has 6 nitrogen and oxygen atoms in total. The fraction of sp³-hybridized carbons (Fsp3) is 0.370. The Balaban J connectivity index is 1.63. The SMILES string of the molecule is Cc1cccc(C(=O)N(CC2CCNCC2)c2ccnc(N[C@@H](C)c3ccccc3)n2)c1C. The first-order valence-electron chi connectivity index (χ1n) is 11.8. The maximum atomic E-state index is 13.8. The van der Waals surface area contributed by atoms with Gasteiger partial charge in [0.05, 0.1) is 6.04 Å². The van der Waals surface area contributed by atoms with Crippen molar-refractivity contribution >= 4 is 17.7 Å². The molecule has 1 fully saturated rings. The van der Waals surface area contributed by atoms with Crippen molar-refractivity contribution in [3.8, 4) is 0 Å². The molecule has 1 atom stereocenters. The molecule has 6 heteroatoms. The molecule has 2 N–H and O–H groups in total. The molecular formula is C27H33N5O. The van der Waals surface area contributed by atoms with Crippen LogP contribution in [0.3, 0.4) is 0 Å². The summed E-state index contributed by atoms with van der Waals surface area (Å²) in [7, 11) is 0. The molecule has 0 saturated carbocycles. The quantitative estimate of drug-likeness (QED) is 0.543. The first kappa shape index (κ1) is 22.9. The molecule has 0 radical (unpaired) electrons. The maximum absolute atomic E-state index is 13.8. The molecule has 0 aliphatic carbocycles. The summed E-state index contributed by atoms with van der Waals surface area (Å²) in [6, 6.07) is 18.0. The summed E-state index contributed by atoms with van der Waals surface area (Å²) < 4.78 is 0. The molecule has 2 aromatic carbocycles. The second kappa shape index (κ2) is 10.6. The number of amides is 1. The van der Waals surface area contributed by atoms with Gasteiger partial charge in [-0.25, -0.2) is 4.98 Å². The summed E-state index contributed by atoms with van der Waals surface area (Å²) in [5.41, 5.74) is 4.02. The summed E-state index contributed by atoms with van der Waals surface area (Å²) in [4.78, 5) is 24.8. The number of nitrogens with zero attached hydrogens (tertiary/aromatic N) is 3. The third-order valence-electron chi connectivity index (χ3n) is 6.54. The number of rotatable bonds is 7. The van der Waals surface area contributed by atoms with E-state index in [0.29, 0.717) is 24.2 Å². The van der Waals surface area contributed by atoms with E-state index >= 15 is 0 Å². The van der Waals surface area contributed by atoms with E-state index in [1.807, 2.05) is 61.2 Å². The Morgan fingerprint density at radius 3 is 2.61 bits per heavy atom. The van der Waals surface area contributed by atoms with Gasteiger partial charge in [-0.2, -0.15) is 4.98 Å². The van der Waals surface area contributed by atoms with Crippen LogP contribution in [0, 0.1) is 19.8 Å². The highest BCUT2D eigenvalue weighted by Gasteiger charge is 2.26. The normalized spacial score (nSPS) is 15.1. The van der Waals surface area contributed by atoms with Gasteiger partial charge in [0, 0.05) is 18.3 Å². The van der Waals surface area contributed by atoms with Crippen LogP contribution < -0.4 is 15.5 Å². The fourth-order valence-corrected chi connectivity index (χ4v) is 4.32. The molecule has 1 amide bonds. The molecule has 33 heavy (non-hydrogen) atoms. The lowest BCUT2D eigenvalue weighted by Crippen LogP contribution is -2.40. The standard InChI is InChI=1S/C27H33N5O/c1-19-8-7-11-24(20(19)2)26(33)32(18-22-12-15-28-16-13-22)25-14-17-29-27(31-25)30-21(3)23-9-5-4-6-10-23/h4-11,14,17,21-22,28H,12-13,15-16,18H2,1-3H3,(H,29,30,31)/t21-/m0/s1. The number of hydrogen-bond donors (Lipinski definition) is 2. The van der Waals surface area contributed by atoms with Crippen molar-refractivity contribution in [3.63, 3.8) is 0 Å². The zero-order valence-corrected chi connectivity index (χ0v) is 19.7. The van der Waals surface area contributed by atoms with Crippen LogP contribution >= 0.6 is 0 Å². The molecule has 4 rings (SSSR count). The predicted molar refractivity (Wildman–Crippen MR) is 134 cm³/mol. The number of nitrogens with one attached hydrogen (secondary N) is 2. The van der Waals surface area contributed by atoms with Gasteiger partial charge in [0.1, 0.15) is 5.82 Å². The van der Waals surface area contributed by atoms with Crippen LogP contribution in [0.5, 0.6) is 0 Å². The summed E-state index contributed by atoms with van der Waals surface area (Å²) in [6.07, 6.45) is 3.84. The zero-order valence-electron chi connectivity index (χ0n) is 19.7. The number of hydrogen-bond acceptors (Lipinski definition) is 5. The van der Waals surface area contributed by atoms with Crippen molar-refractivity contribution in [1.82, 2.24) is 15.3 Å². The lowest BCUT2D eigenvalue weighted by Gasteiger charge is -2.30. The van der Waals surface area contributed by atoms with Crippen LogP contribution in [-0.2, 0) is 0 Å². The van der Waals surface area contributed by atoms with Crippen molar-refractivity contribution in [3.05, 3.63) is 83.0 Å². The minimum Gasteiger partial charge on any atom is -0.348 e. The highest BCUT2D eigenvalue weighted by Crippen LogP contribution is 2.24. The molecule has 3 aromatic rings. The largest absolute Gasteiger partial charge is 0.348 e. The Morgan fingerprint density at radius 2 is 1.85 bits per heavy atom. The van der Waals surface area contributed by atoms with E-state index in [4.69, 9.17) is 4.98 Å². The summed E-state index contributed by atoms with van der Waals surface area (Å²) in [5.74, 6) is 1.59. The van der Waals surface area contributed by atoms with Gasteiger partial charge in [0.15, 0.2) is 0 Å². The van der Waals surface area contributed by atoms with Crippen LogP contribution in [-0.4, -0.2) is 35.5 Å². The van der Waals surface area contributed by atoms with Crippen molar-refractivity contribution in [2.75, 3.05) is 29.9 Å². The van der Waals surface area contributed by atoms with E-state index < -0.39 is 0 Å². The molecule has 0 unspecified atom stereocenters. The zero-order chi connectivity index (χ0) is 23.2. The van der Waals surface area contributed by atoms with E-state index in [0.717, 1.165) is 48.2 Å². The van der Waals surface area contributed by atoms with E-state index in [1.54, 1.807) is 6.20 Å². The number of carbonyl (C=O) groups excluding carboxylic acids is 1. The van der Waals surface area contributed by atoms with Gasteiger partial charge in [-0.1, -0.05) is 42.5 Å². The third-order valence-corrected chi connectivity index (χ3v) is 6.54. The second-order valence-corrected chi connectivity index (χ2v) is 8.87. The van der Waals surface area contributed by atoms with Gasteiger partial charge >= 0.3 is 0 Å². The second-order valence-electron chi connectivity index (χ2n) is 8.87. The predicted octanol–water partition coefficient (Wildman–Crippen LogP) is 4.91. The Hall–Kier alpha value is -3.25. The van der Waals surface area contributed by atoms with Crippen LogP contribution in [0.15, 0.2) is 60.8 Å². The summed E-state index contributed by atoms with van der Waals surface area (Å²) >= 11 is 0. The first-order chi connectivity index (χ1) is 16.0. The van der Waals surface area contributed by atoms with Crippen molar-refractivity contribution in [2.24, 2.45) is 5.92 Å². The van der Waals surface area contributed by atoms with Crippen LogP contribution in [0.25, 0.3) is 0 Å².